The van der Waals surface area contributed by atoms with E-state index < -0.39 is 21.4 Å². The maximum Gasteiger partial charge on any atom is 0.184 e. The van der Waals surface area contributed by atoms with Gasteiger partial charge in [-0.1, -0.05) is 24.8 Å². The number of rotatable bonds is 3. The third kappa shape index (κ3) is 2.66. The Labute approximate surface area is 76.6 Å². The van der Waals surface area contributed by atoms with Crippen molar-refractivity contribution in [3.8, 4) is 0 Å². The van der Waals surface area contributed by atoms with Crippen molar-refractivity contribution in [3.05, 3.63) is 42.7 Å². The van der Waals surface area contributed by atoms with Gasteiger partial charge in [0.15, 0.2) is 9.84 Å². The molecule has 2 nitrogen and oxygen atoms in total. The second-order valence-corrected chi connectivity index (χ2v) is 4.58. The van der Waals surface area contributed by atoms with Crippen molar-refractivity contribution in [2.45, 2.75) is 4.90 Å². The van der Waals surface area contributed by atoms with Crippen LogP contribution in [-0.4, -0.2) is 14.2 Å². The summed E-state index contributed by atoms with van der Waals surface area (Å²) in [5.74, 6) is -1.49. The van der Waals surface area contributed by atoms with E-state index >= 15 is 0 Å². The van der Waals surface area contributed by atoms with E-state index in [1.165, 1.54) is 12.1 Å². The lowest BCUT2D eigenvalue weighted by molar-refractivity contribution is 0.585. The molecule has 0 saturated heterocycles. The van der Waals surface area contributed by atoms with E-state index in [9.17, 15) is 12.8 Å². The van der Waals surface area contributed by atoms with E-state index in [1.807, 2.05) is 0 Å². The van der Waals surface area contributed by atoms with Crippen molar-refractivity contribution in [2.75, 3.05) is 5.75 Å². The van der Waals surface area contributed by atoms with Crippen LogP contribution in [0.4, 0.5) is 4.39 Å². The molecular formula is C9H9FO2S. The van der Waals surface area contributed by atoms with Crippen molar-refractivity contribution in [3.63, 3.8) is 0 Å². The summed E-state index contributed by atoms with van der Waals surface area (Å²) in [7, 11) is -3.53. The Bertz CT molecular complexity index is 395. The largest absolute Gasteiger partial charge is 0.223 e. The number of hydrogen-bond donors (Lipinski definition) is 0. The molecule has 0 saturated carbocycles. The quantitative estimate of drug-likeness (QED) is 0.747. The van der Waals surface area contributed by atoms with Crippen LogP contribution in [-0.2, 0) is 9.84 Å². The summed E-state index contributed by atoms with van der Waals surface area (Å²) in [5, 5.41) is 0. The first-order valence-electron chi connectivity index (χ1n) is 3.63. The molecule has 0 bridgehead atoms. The lowest BCUT2D eigenvalue weighted by Gasteiger charge is -2.00. The average molecular weight is 200 g/mol. The van der Waals surface area contributed by atoms with E-state index in [4.69, 9.17) is 0 Å². The molecule has 0 fully saturated rings. The Hall–Kier alpha value is -1.16. The second kappa shape index (κ2) is 3.70. The molecule has 4 heteroatoms. The van der Waals surface area contributed by atoms with Gasteiger partial charge in [-0.05, 0) is 12.1 Å². The molecule has 0 heterocycles. The van der Waals surface area contributed by atoms with E-state index in [1.54, 1.807) is 18.2 Å². The predicted molar refractivity (Wildman–Crippen MR) is 48.7 cm³/mol. The van der Waals surface area contributed by atoms with Gasteiger partial charge < -0.3 is 0 Å². The molecule has 0 spiro atoms. The van der Waals surface area contributed by atoms with Gasteiger partial charge in [-0.25, -0.2) is 12.8 Å². The Morgan fingerprint density at radius 2 is 1.85 bits per heavy atom. The summed E-state index contributed by atoms with van der Waals surface area (Å²) < 4.78 is 35.0. The summed E-state index contributed by atoms with van der Waals surface area (Å²) >= 11 is 0. The lowest BCUT2D eigenvalue weighted by atomic mass is 10.4. The minimum atomic E-state index is -3.53. The van der Waals surface area contributed by atoms with Crippen LogP contribution in [0.25, 0.3) is 0 Å². The molecule has 1 aromatic carbocycles. The van der Waals surface area contributed by atoms with Crippen LogP contribution in [0, 0.1) is 0 Å². The van der Waals surface area contributed by atoms with Crippen LogP contribution in [0.3, 0.4) is 0 Å². The Morgan fingerprint density at radius 1 is 1.31 bits per heavy atom. The van der Waals surface area contributed by atoms with Gasteiger partial charge in [0.1, 0.15) is 11.6 Å². The molecule has 0 radical (unpaired) electrons. The van der Waals surface area contributed by atoms with Gasteiger partial charge in [-0.2, -0.15) is 0 Å². The Kier molecular flexibility index (Phi) is 2.83. The van der Waals surface area contributed by atoms with Crippen molar-refractivity contribution >= 4 is 9.84 Å². The van der Waals surface area contributed by atoms with E-state index in [2.05, 4.69) is 6.58 Å². The first kappa shape index (κ1) is 9.92. The van der Waals surface area contributed by atoms with Crippen LogP contribution in [0.2, 0.25) is 0 Å². The number of benzene rings is 1. The lowest BCUT2D eigenvalue weighted by Crippen LogP contribution is -2.06. The Balaban J connectivity index is 3.02. The van der Waals surface area contributed by atoms with Gasteiger partial charge in [0.25, 0.3) is 0 Å². The second-order valence-electron chi connectivity index (χ2n) is 2.59. The van der Waals surface area contributed by atoms with Gasteiger partial charge in [0, 0.05) is 0 Å². The minimum absolute atomic E-state index is 0.119. The highest BCUT2D eigenvalue weighted by Gasteiger charge is 2.14. The van der Waals surface area contributed by atoms with Crippen LogP contribution >= 0.6 is 0 Å². The topological polar surface area (TPSA) is 34.1 Å². The number of halogens is 1. The first-order valence-corrected chi connectivity index (χ1v) is 5.29. The SMILES string of the molecule is C=C(F)CS(=O)(=O)c1ccccc1. The zero-order valence-corrected chi connectivity index (χ0v) is 7.72. The van der Waals surface area contributed by atoms with Crippen molar-refractivity contribution in [2.24, 2.45) is 0 Å². The molecular weight excluding hydrogens is 191 g/mol. The predicted octanol–water partition coefficient (Wildman–Crippen LogP) is 1.94. The molecule has 0 atom stereocenters. The molecule has 70 valence electrons. The molecule has 0 aliphatic carbocycles. The monoisotopic (exact) mass is 200 g/mol. The third-order valence-electron chi connectivity index (χ3n) is 1.45. The molecule has 0 amide bonds. The van der Waals surface area contributed by atoms with Gasteiger partial charge in [0.2, 0.25) is 0 Å². The van der Waals surface area contributed by atoms with Gasteiger partial charge in [0.05, 0.1) is 4.90 Å². The summed E-state index contributed by atoms with van der Waals surface area (Å²) in [5.41, 5.74) is 0. The molecule has 0 N–H and O–H groups in total. The molecule has 13 heavy (non-hydrogen) atoms. The van der Waals surface area contributed by atoms with E-state index in [0.717, 1.165) is 0 Å². The van der Waals surface area contributed by atoms with Crippen LogP contribution < -0.4 is 0 Å². The summed E-state index contributed by atoms with van der Waals surface area (Å²) in [6, 6.07) is 7.74. The first-order chi connectivity index (χ1) is 6.02. The van der Waals surface area contributed by atoms with Crippen LogP contribution in [0.5, 0.6) is 0 Å². The highest BCUT2D eigenvalue weighted by Crippen LogP contribution is 2.12. The Morgan fingerprint density at radius 3 is 2.31 bits per heavy atom. The third-order valence-corrected chi connectivity index (χ3v) is 3.13. The van der Waals surface area contributed by atoms with E-state index in [0.29, 0.717) is 0 Å². The van der Waals surface area contributed by atoms with Crippen LogP contribution in [0.15, 0.2) is 47.6 Å². The maximum absolute atomic E-state index is 12.3. The van der Waals surface area contributed by atoms with Gasteiger partial charge in [-0.15, -0.1) is 0 Å². The zero-order chi connectivity index (χ0) is 9.90. The zero-order valence-electron chi connectivity index (χ0n) is 6.90. The smallest absolute Gasteiger partial charge is 0.184 e. The molecule has 0 unspecified atom stereocenters. The number of sulfone groups is 1. The van der Waals surface area contributed by atoms with E-state index in [-0.39, 0.29) is 4.90 Å². The van der Waals surface area contributed by atoms with Gasteiger partial charge in [-0.3, -0.25) is 0 Å². The highest BCUT2D eigenvalue weighted by atomic mass is 32.2. The molecule has 1 rings (SSSR count). The fourth-order valence-corrected chi connectivity index (χ4v) is 2.07. The van der Waals surface area contributed by atoms with Crippen molar-refractivity contribution in [1.29, 1.82) is 0 Å². The number of hydrogen-bond acceptors (Lipinski definition) is 2. The molecule has 0 aliphatic rings. The fraction of sp³-hybridized carbons (Fsp3) is 0.111. The standard InChI is InChI=1S/C9H9FO2S/c1-8(10)7-13(11,12)9-5-3-2-4-6-9/h2-6H,1,7H2. The maximum atomic E-state index is 12.3. The van der Waals surface area contributed by atoms with Crippen molar-refractivity contribution < 1.29 is 12.8 Å². The fourth-order valence-electron chi connectivity index (χ4n) is 0.917. The average Bonchev–Trinajstić information content (AvgIpc) is 2.04. The normalized spacial score (nSPS) is 11.2. The molecule has 0 aliphatic heterocycles. The highest BCUT2D eigenvalue weighted by molar-refractivity contribution is 7.91. The summed E-state index contributed by atoms with van der Waals surface area (Å²) in [6.07, 6.45) is 0. The summed E-state index contributed by atoms with van der Waals surface area (Å²) in [6.45, 7) is 2.92. The summed E-state index contributed by atoms with van der Waals surface area (Å²) in [4.78, 5) is 0.119. The molecule has 1 aromatic rings. The minimum Gasteiger partial charge on any atom is -0.223 e. The van der Waals surface area contributed by atoms with Crippen LogP contribution in [0.1, 0.15) is 0 Å². The van der Waals surface area contributed by atoms with Gasteiger partial charge >= 0.3 is 0 Å². The van der Waals surface area contributed by atoms with Crippen molar-refractivity contribution in [1.82, 2.24) is 0 Å². The molecule has 0 aromatic heterocycles.